The van der Waals surface area contributed by atoms with Gasteiger partial charge in [-0.15, -0.1) is 0 Å². The van der Waals surface area contributed by atoms with Gasteiger partial charge in [-0.1, -0.05) is 0 Å². The number of hydrogen-bond acceptors (Lipinski definition) is 2. The first-order valence-corrected chi connectivity index (χ1v) is 6.09. The quantitative estimate of drug-likeness (QED) is 0.797. The number of nitrogens with zero attached hydrogens (tertiary/aromatic N) is 2. The number of aryl methyl sites for hydroxylation is 1. The number of piperidine rings is 1. The molecule has 3 nitrogen and oxygen atoms in total. The van der Waals surface area contributed by atoms with Crippen LogP contribution in [0.25, 0.3) is 0 Å². The highest BCUT2D eigenvalue weighted by atomic mass is 15.3. The average Bonchev–Trinajstić information content (AvgIpc) is 3.03. The highest BCUT2D eigenvalue weighted by Gasteiger charge is 2.31. The molecule has 3 heteroatoms. The topological polar surface area (TPSA) is 29.9 Å². The van der Waals surface area contributed by atoms with E-state index in [2.05, 4.69) is 23.7 Å². The number of aromatic nitrogens is 2. The molecule has 0 aromatic carbocycles. The molecule has 1 aliphatic carbocycles. The van der Waals surface area contributed by atoms with Gasteiger partial charge in [-0.3, -0.25) is 4.68 Å². The predicted molar refractivity (Wildman–Crippen MR) is 60.0 cm³/mol. The van der Waals surface area contributed by atoms with E-state index in [4.69, 9.17) is 0 Å². The Morgan fingerprint density at radius 3 is 2.60 bits per heavy atom. The molecule has 82 valence electrons. The molecule has 1 aromatic heterocycles. The molecule has 0 spiro atoms. The van der Waals surface area contributed by atoms with Crippen molar-refractivity contribution in [1.82, 2.24) is 15.1 Å². The van der Waals surface area contributed by atoms with E-state index in [9.17, 15) is 0 Å². The summed E-state index contributed by atoms with van der Waals surface area (Å²) in [6.07, 6.45) is 7.53. The van der Waals surface area contributed by atoms with Crippen LogP contribution in [0, 0.1) is 0 Å². The van der Waals surface area contributed by atoms with Gasteiger partial charge in [0.1, 0.15) is 0 Å². The fraction of sp³-hybridized carbons (Fsp3) is 0.750. The molecule has 1 aromatic rings. The van der Waals surface area contributed by atoms with E-state index in [1.165, 1.54) is 44.5 Å². The zero-order chi connectivity index (χ0) is 10.3. The Morgan fingerprint density at radius 1 is 1.20 bits per heavy atom. The Bertz CT molecular complexity index is 346. The Labute approximate surface area is 90.9 Å². The molecule has 2 heterocycles. The van der Waals surface area contributed by atoms with Crippen LogP contribution in [-0.4, -0.2) is 22.9 Å². The normalized spacial score (nSPS) is 23.3. The van der Waals surface area contributed by atoms with Crippen LogP contribution in [0.15, 0.2) is 6.20 Å². The van der Waals surface area contributed by atoms with E-state index in [0.29, 0.717) is 0 Å². The molecule has 0 unspecified atom stereocenters. The maximum absolute atomic E-state index is 4.64. The van der Waals surface area contributed by atoms with E-state index < -0.39 is 0 Å². The number of nitrogens with one attached hydrogen (secondary N) is 1. The third kappa shape index (κ3) is 1.81. The predicted octanol–water partition coefficient (Wildman–Crippen LogP) is 1.76. The van der Waals surface area contributed by atoms with E-state index >= 15 is 0 Å². The lowest BCUT2D eigenvalue weighted by molar-refractivity contribution is 0.458. The minimum absolute atomic E-state index is 0.760. The minimum atomic E-state index is 0.760. The van der Waals surface area contributed by atoms with Crippen molar-refractivity contribution in [3.8, 4) is 0 Å². The van der Waals surface area contributed by atoms with Crippen molar-refractivity contribution < 1.29 is 0 Å². The summed E-state index contributed by atoms with van der Waals surface area (Å²) in [6, 6.07) is 0. The molecule has 2 aliphatic rings. The Kier molecular flexibility index (Phi) is 2.28. The Morgan fingerprint density at radius 2 is 1.93 bits per heavy atom. The summed E-state index contributed by atoms with van der Waals surface area (Å²) in [5, 5.41) is 8.07. The first-order chi connectivity index (χ1) is 7.34. The molecule has 0 radical (unpaired) electrons. The zero-order valence-corrected chi connectivity index (χ0v) is 9.37. The molecule has 15 heavy (non-hydrogen) atoms. The van der Waals surface area contributed by atoms with Crippen molar-refractivity contribution in [3.63, 3.8) is 0 Å². The fourth-order valence-corrected chi connectivity index (χ4v) is 2.65. The maximum Gasteiger partial charge on any atom is 0.0690 e. The van der Waals surface area contributed by atoms with Gasteiger partial charge in [-0.05, 0) is 50.3 Å². The third-order valence-corrected chi connectivity index (χ3v) is 3.63. The monoisotopic (exact) mass is 205 g/mol. The Balaban J connectivity index is 1.87. The van der Waals surface area contributed by atoms with Gasteiger partial charge in [0.05, 0.1) is 5.69 Å². The summed E-state index contributed by atoms with van der Waals surface area (Å²) in [6.45, 7) is 2.34. The lowest BCUT2D eigenvalue weighted by Crippen LogP contribution is -2.26. The summed E-state index contributed by atoms with van der Waals surface area (Å²) < 4.78 is 2.00. The van der Waals surface area contributed by atoms with Crippen LogP contribution in [0.2, 0.25) is 0 Å². The molecule has 1 saturated heterocycles. The largest absolute Gasteiger partial charge is 0.317 e. The summed E-state index contributed by atoms with van der Waals surface area (Å²) >= 11 is 0. The maximum atomic E-state index is 4.64. The van der Waals surface area contributed by atoms with Gasteiger partial charge in [0, 0.05) is 19.2 Å². The lowest BCUT2D eigenvalue weighted by atomic mass is 9.89. The van der Waals surface area contributed by atoms with E-state index in [0.717, 1.165) is 11.8 Å². The van der Waals surface area contributed by atoms with Gasteiger partial charge < -0.3 is 5.32 Å². The van der Waals surface area contributed by atoms with Crippen molar-refractivity contribution in [1.29, 1.82) is 0 Å². The molecule has 1 N–H and O–H groups in total. The highest BCUT2D eigenvalue weighted by molar-refractivity contribution is 5.28. The van der Waals surface area contributed by atoms with Crippen LogP contribution in [0.1, 0.15) is 48.8 Å². The van der Waals surface area contributed by atoms with Crippen LogP contribution in [0.3, 0.4) is 0 Å². The summed E-state index contributed by atoms with van der Waals surface area (Å²) in [5.74, 6) is 1.55. The van der Waals surface area contributed by atoms with E-state index in [-0.39, 0.29) is 0 Å². The van der Waals surface area contributed by atoms with Gasteiger partial charge in [-0.2, -0.15) is 5.10 Å². The SMILES string of the molecule is Cn1cc(C2CCNCC2)c(C2CC2)n1. The molecule has 1 saturated carbocycles. The standard InChI is InChI=1S/C12H19N3/c1-15-8-11(9-4-6-13-7-5-9)12(14-15)10-2-3-10/h8-10,13H,2-7H2,1H3. The second kappa shape index (κ2) is 3.63. The van der Waals surface area contributed by atoms with E-state index in [1.807, 2.05) is 4.68 Å². The second-order valence-electron chi connectivity index (χ2n) is 4.94. The minimum Gasteiger partial charge on any atom is -0.317 e. The van der Waals surface area contributed by atoms with Crippen LogP contribution in [0.5, 0.6) is 0 Å². The van der Waals surface area contributed by atoms with E-state index in [1.54, 1.807) is 5.56 Å². The van der Waals surface area contributed by atoms with Gasteiger partial charge in [-0.25, -0.2) is 0 Å². The molecular weight excluding hydrogens is 186 g/mol. The number of hydrogen-bond donors (Lipinski definition) is 1. The molecule has 3 rings (SSSR count). The number of rotatable bonds is 2. The van der Waals surface area contributed by atoms with Gasteiger partial charge in [0.15, 0.2) is 0 Å². The molecule has 1 aliphatic heterocycles. The first kappa shape index (κ1) is 9.40. The lowest BCUT2D eigenvalue weighted by Gasteiger charge is -2.22. The Hall–Kier alpha value is -0.830. The molecule has 0 bridgehead atoms. The third-order valence-electron chi connectivity index (χ3n) is 3.63. The molecule has 2 fully saturated rings. The van der Waals surface area contributed by atoms with Crippen molar-refractivity contribution in [2.24, 2.45) is 7.05 Å². The average molecular weight is 205 g/mol. The van der Waals surface area contributed by atoms with Crippen molar-refractivity contribution in [2.75, 3.05) is 13.1 Å². The van der Waals surface area contributed by atoms with Crippen LogP contribution < -0.4 is 5.32 Å². The molecule has 0 amide bonds. The highest BCUT2D eigenvalue weighted by Crippen LogP contribution is 2.43. The van der Waals surface area contributed by atoms with Crippen molar-refractivity contribution >= 4 is 0 Å². The van der Waals surface area contributed by atoms with Crippen LogP contribution >= 0.6 is 0 Å². The van der Waals surface area contributed by atoms with Gasteiger partial charge in [0.2, 0.25) is 0 Å². The van der Waals surface area contributed by atoms with Gasteiger partial charge in [0.25, 0.3) is 0 Å². The molecular formula is C12H19N3. The summed E-state index contributed by atoms with van der Waals surface area (Å²) in [7, 11) is 2.05. The van der Waals surface area contributed by atoms with Gasteiger partial charge >= 0.3 is 0 Å². The van der Waals surface area contributed by atoms with Crippen LogP contribution in [-0.2, 0) is 7.05 Å². The first-order valence-electron chi connectivity index (χ1n) is 6.09. The van der Waals surface area contributed by atoms with Crippen molar-refractivity contribution in [3.05, 3.63) is 17.5 Å². The van der Waals surface area contributed by atoms with Crippen LogP contribution in [0.4, 0.5) is 0 Å². The second-order valence-corrected chi connectivity index (χ2v) is 4.94. The molecule has 0 atom stereocenters. The summed E-state index contributed by atoms with van der Waals surface area (Å²) in [5.41, 5.74) is 2.95. The van der Waals surface area contributed by atoms with Crippen molar-refractivity contribution in [2.45, 2.75) is 37.5 Å². The summed E-state index contributed by atoms with van der Waals surface area (Å²) in [4.78, 5) is 0. The smallest absolute Gasteiger partial charge is 0.0690 e. The fourth-order valence-electron chi connectivity index (χ4n) is 2.65. The zero-order valence-electron chi connectivity index (χ0n) is 9.37.